The Hall–Kier alpha value is -8.82. The molecule has 2 aromatic heterocycles. The molecule has 0 unspecified atom stereocenters. The van der Waals surface area contributed by atoms with Crippen LogP contribution in [0.25, 0.3) is 44.1 Å². The Morgan fingerprint density at radius 3 is 0.728 bits per heavy atom. The fourth-order valence-corrected chi connectivity index (χ4v) is 13.3. The molecule has 0 bridgehead atoms. The predicted octanol–water partition coefficient (Wildman–Crippen LogP) is 12.8. The van der Waals surface area contributed by atoms with E-state index < -0.39 is 20.9 Å². The van der Waals surface area contributed by atoms with E-state index in [0.29, 0.717) is 0 Å². The van der Waals surface area contributed by atoms with Crippen LogP contribution in [0.3, 0.4) is 0 Å². The number of aromatic nitrogens is 2. The SMILES string of the molecule is COc1ccc(P(c2ccc(OC)cc2)c2ccc(OC)cc2)cc1.COc1ccc(P(c2ccc(OC)cc2)c2ccc(OC)cc2)cc1.O=[N+]([O-])[O-].[Cu+].c1ccc(-c2ccnc3c2ccc2c(-c4ccccc4)ccnc23)cc1. The summed E-state index contributed by atoms with van der Waals surface area (Å²) in [6.45, 7) is 0. The van der Waals surface area contributed by atoms with Crippen molar-refractivity contribution in [2.45, 2.75) is 0 Å². The van der Waals surface area contributed by atoms with E-state index in [9.17, 15) is 0 Å². The van der Waals surface area contributed by atoms with Gasteiger partial charge in [-0.1, -0.05) is 146 Å². The summed E-state index contributed by atoms with van der Waals surface area (Å²) in [4.78, 5) is 17.6. The molecule has 0 aliphatic carbocycles. The molecule has 15 heteroatoms. The number of fused-ring (bicyclic) bond motifs is 3. The summed E-state index contributed by atoms with van der Waals surface area (Å²) in [6.07, 6.45) is 3.75. The van der Waals surface area contributed by atoms with Gasteiger partial charge in [0, 0.05) is 23.2 Å². The minimum absolute atomic E-state index is 0. The van der Waals surface area contributed by atoms with E-state index in [0.717, 1.165) is 56.3 Å². The van der Waals surface area contributed by atoms with Crippen molar-refractivity contribution in [2.24, 2.45) is 0 Å². The Morgan fingerprint density at radius 2 is 0.531 bits per heavy atom. The molecule has 0 radical (unpaired) electrons. The molecule has 0 atom stereocenters. The topological polar surface area (TPSA) is 147 Å². The maximum atomic E-state index is 8.25. The Morgan fingerprint density at radius 1 is 0.321 bits per heavy atom. The van der Waals surface area contributed by atoms with E-state index in [2.05, 4.69) is 156 Å². The molecule has 12 nitrogen and oxygen atoms in total. The van der Waals surface area contributed by atoms with Gasteiger partial charge >= 0.3 is 17.1 Å². The number of pyridine rings is 2. The first-order valence-electron chi connectivity index (χ1n) is 25.2. The number of benzene rings is 9. The Kier molecular flexibility index (Phi) is 22.1. The van der Waals surface area contributed by atoms with Crippen LogP contribution in [0.2, 0.25) is 0 Å². The van der Waals surface area contributed by atoms with Crippen molar-refractivity contribution < 1.29 is 50.6 Å². The molecular weight excluding hydrogens is 1100 g/mol. The zero-order valence-corrected chi connectivity index (χ0v) is 48.0. The molecule has 0 N–H and O–H groups in total. The summed E-state index contributed by atoms with van der Waals surface area (Å²) in [5.41, 5.74) is 6.65. The Labute approximate surface area is 485 Å². The normalized spacial score (nSPS) is 10.4. The third-order valence-electron chi connectivity index (χ3n) is 12.8. The quantitative estimate of drug-likeness (QED) is 0.0337. The first-order valence-corrected chi connectivity index (χ1v) is 27.9. The molecule has 9 aromatic carbocycles. The van der Waals surface area contributed by atoms with E-state index in [1.54, 1.807) is 42.7 Å². The first kappa shape index (κ1) is 59.8. The maximum absolute atomic E-state index is 8.25. The van der Waals surface area contributed by atoms with Gasteiger partial charge < -0.3 is 43.7 Å². The molecule has 81 heavy (non-hydrogen) atoms. The second kappa shape index (κ2) is 30.0. The zero-order chi connectivity index (χ0) is 56.2. The van der Waals surface area contributed by atoms with Gasteiger partial charge in [0.15, 0.2) is 0 Å². The molecule has 412 valence electrons. The van der Waals surface area contributed by atoms with E-state index in [1.807, 2.05) is 97.3 Å². The minimum Gasteiger partial charge on any atom is -0.497 e. The van der Waals surface area contributed by atoms with Gasteiger partial charge in [-0.05, 0) is 155 Å². The number of hydrogen-bond donors (Lipinski definition) is 0. The Bertz CT molecular complexity index is 3230. The molecule has 11 rings (SSSR count). The third-order valence-corrected chi connectivity index (χ3v) is 17.7. The monoisotopic (exact) mass is 1160 g/mol. The number of nitrogens with zero attached hydrogens (tertiary/aromatic N) is 3. The van der Waals surface area contributed by atoms with Gasteiger partial charge in [0.2, 0.25) is 0 Å². The van der Waals surface area contributed by atoms with Crippen LogP contribution in [-0.4, -0.2) is 57.7 Å². The van der Waals surface area contributed by atoms with Gasteiger partial charge in [0.1, 0.15) is 34.5 Å². The molecule has 0 saturated carbocycles. The Balaban J connectivity index is 0.000000168. The standard InChI is InChI=1S/C24H16N2.2C21H21O3P.Cu.NO3/c1-3-7-17(8-4-1)19-13-15-25-23-21(19)11-12-22-20(14-16-26-24(22)23)18-9-5-2-6-10-18;2*1-22-16-4-10-19(11-5-16)25(20-12-6-17(23-2)7-13-20)21-14-8-18(24-3)9-15-21;;2-1(3)4/h1-16H;2*4-15H,1-3H3;;/q;;;+1;-1. The van der Waals surface area contributed by atoms with E-state index >= 15 is 0 Å². The molecule has 0 amide bonds. The van der Waals surface area contributed by atoms with E-state index in [4.69, 9.17) is 43.7 Å². The summed E-state index contributed by atoms with van der Waals surface area (Å²) >= 11 is 0. The summed E-state index contributed by atoms with van der Waals surface area (Å²) in [5, 5.41) is 24.6. The van der Waals surface area contributed by atoms with E-state index in [-0.39, 0.29) is 17.1 Å². The van der Waals surface area contributed by atoms with Crippen LogP contribution in [-0.2, 0) is 17.1 Å². The summed E-state index contributed by atoms with van der Waals surface area (Å²) in [7, 11) is 8.78. The van der Waals surface area contributed by atoms with Crippen molar-refractivity contribution in [3.8, 4) is 56.8 Å². The van der Waals surface area contributed by atoms with Gasteiger partial charge in [0.05, 0.1) is 58.8 Å². The van der Waals surface area contributed by atoms with Crippen LogP contribution in [0.15, 0.2) is 243 Å². The fourth-order valence-electron chi connectivity index (χ4n) is 8.85. The van der Waals surface area contributed by atoms with Gasteiger partial charge in [-0.3, -0.25) is 9.97 Å². The first-order chi connectivity index (χ1) is 39.1. The summed E-state index contributed by atoms with van der Waals surface area (Å²) in [5.74, 6) is 5.18. The largest absolute Gasteiger partial charge is 1.00 e. The second-order valence-corrected chi connectivity index (χ2v) is 21.8. The number of hydrogen-bond acceptors (Lipinski definition) is 11. The zero-order valence-electron chi connectivity index (χ0n) is 45.3. The van der Waals surface area contributed by atoms with Crippen LogP contribution in [0, 0.1) is 15.3 Å². The van der Waals surface area contributed by atoms with Crippen LogP contribution < -0.4 is 60.2 Å². The fraction of sp³-hybridized carbons (Fsp3) is 0.0909. The average molecular weight is 1160 g/mol. The predicted molar refractivity (Wildman–Crippen MR) is 328 cm³/mol. The van der Waals surface area contributed by atoms with Gasteiger partial charge in [-0.25, -0.2) is 0 Å². The molecule has 2 heterocycles. The molecule has 0 aliphatic heterocycles. The number of methoxy groups -OCH3 is 6. The van der Waals surface area contributed by atoms with Crippen molar-refractivity contribution in [1.29, 1.82) is 0 Å². The molecule has 0 spiro atoms. The van der Waals surface area contributed by atoms with Crippen molar-refractivity contribution in [1.82, 2.24) is 9.97 Å². The smallest absolute Gasteiger partial charge is 0.497 e. The average Bonchev–Trinajstić information content (AvgIpc) is 3.58. The van der Waals surface area contributed by atoms with Crippen molar-refractivity contribution in [3.63, 3.8) is 0 Å². The van der Waals surface area contributed by atoms with Crippen molar-refractivity contribution >= 4 is 69.5 Å². The molecular formula is C66H58CuN3O9P2. The second-order valence-electron chi connectivity index (χ2n) is 17.4. The van der Waals surface area contributed by atoms with Crippen molar-refractivity contribution in [3.05, 3.63) is 258 Å². The minimum atomic E-state index is -1.75. The van der Waals surface area contributed by atoms with Gasteiger partial charge in [-0.15, -0.1) is 0 Å². The number of ether oxygens (including phenoxy) is 6. The molecule has 11 aromatic rings. The summed E-state index contributed by atoms with van der Waals surface area (Å²) < 4.78 is 31.8. The van der Waals surface area contributed by atoms with Gasteiger partial charge in [-0.2, -0.15) is 0 Å². The molecule has 0 fully saturated rings. The third kappa shape index (κ3) is 15.5. The molecule has 0 aliphatic rings. The van der Waals surface area contributed by atoms with E-state index in [1.165, 1.54) is 54.1 Å². The number of rotatable bonds is 14. The van der Waals surface area contributed by atoms with Crippen LogP contribution in [0.4, 0.5) is 0 Å². The van der Waals surface area contributed by atoms with Crippen LogP contribution in [0.5, 0.6) is 34.5 Å². The summed E-state index contributed by atoms with van der Waals surface area (Å²) in [6, 6.07) is 79.1. The van der Waals surface area contributed by atoms with Crippen molar-refractivity contribution in [2.75, 3.05) is 42.7 Å². The molecule has 0 saturated heterocycles. The van der Waals surface area contributed by atoms with Crippen LogP contribution >= 0.6 is 15.8 Å². The maximum Gasteiger partial charge on any atom is 1.00 e. The van der Waals surface area contributed by atoms with Crippen LogP contribution in [0.1, 0.15) is 0 Å². The van der Waals surface area contributed by atoms with Gasteiger partial charge in [0.25, 0.3) is 0 Å².